The third-order valence-electron chi connectivity index (χ3n) is 2.70. The highest BCUT2D eigenvalue weighted by Crippen LogP contribution is 2.31. The van der Waals surface area contributed by atoms with Crippen LogP contribution in [0.4, 0.5) is 0 Å². The van der Waals surface area contributed by atoms with Crippen LogP contribution in [0.2, 0.25) is 0 Å². The first kappa shape index (κ1) is 7.01. The van der Waals surface area contributed by atoms with E-state index in [1.165, 1.54) is 16.5 Å². The lowest BCUT2D eigenvalue weighted by Gasteiger charge is -2.17. The highest BCUT2D eigenvalue weighted by Gasteiger charge is 2.13. The Morgan fingerprint density at radius 3 is 3.15 bits per heavy atom. The predicted molar refractivity (Wildman–Crippen MR) is 52.2 cm³/mol. The van der Waals surface area contributed by atoms with Crippen molar-refractivity contribution in [2.45, 2.75) is 13.5 Å². The average Bonchev–Trinajstić information content (AvgIpc) is 2.57. The van der Waals surface area contributed by atoms with E-state index in [-0.39, 0.29) is 0 Å². The maximum atomic E-state index is 5.59. The van der Waals surface area contributed by atoms with Crippen molar-refractivity contribution in [1.82, 2.24) is 4.57 Å². The summed E-state index contributed by atoms with van der Waals surface area (Å²) in [5, 5.41) is 1.32. The van der Waals surface area contributed by atoms with Crippen LogP contribution in [0.25, 0.3) is 10.9 Å². The molecule has 0 atom stereocenters. The maximum Gasteiger partial charge on any atom is 0.143 e. The Balaban J connectivity index is 2.50. The summed E-state index contributed by atoms with van der Waals surface area (Å²) in [6.07, 6.45) is 2.14. The summed E-state index contributed by atoms with van der Waals surface area (Å²) in [5.74, 6) is 1.02. The van der Waals surface area contributed by atoms with Gasteiger partial charge in [-0.1, -0.05) is 6.07 Å². The molecule has 13 heavy (non-hydrogen) atoms. The Morgan fingerprint density at radius 1 is 1.31 bits per heavy atom. The molecule has 1 aliphatic rings. The van der Waals surface area contributed by atoms with Gasteiger partial charge in [0.15, 0.2) is 0 Å². The first-order valence-electron chi connectivity index (χ1n) is 4.57. The third-order valence-corrected chi connectivity index (χ3v) is 2.70. The van der Waals surface area contributed by atoms with Crippen LogP contribution in [0.15, 0.2) is 24.4 Å². The zero-order valence-corrected chi connectivity index (χ0v) is 7.58. The Hall–Kier alpha value is -1.44. The molecule has 1 aliphatic heterocycles. The fourth-order valence-electron chi connectivity index (χ4n) is 1.99. The zero-order valence-electron chi connectivity index (χ0n) is 7.58. The molecular formula is C11H11NO. The Labute approximate surface area is 76.7 Å². The number of aromatic nitrogens is 1. The van der Waals surface area contributed by atoms with Crippen LogP contribution in [0, 0.1) is 6.92 Å². The minimum Gasteiger partial charge on any atom is -0.490 e. The Bertz CT molecular complexity index is 470. The van der Waals surface area contributed by atoms with Crippen molar-refractivity contribution in [3.05, 3.63) is 30.0 Å². The predicted octanol–water partition coefficient (Wildman–Crippen LogP) is 2.34. The van der Waals surface area contributed by atoms with Gasteiger partial charge < -0.3 is 9.30 Å². The average molecular weight is 173 g/mol. The molecule has 1 aromatic heterocycles. The van der Waals surface area contributed by atoms with E-state index in [2.05, 4.69) is 35.9 Å². The first-order chi connectivity index (χ1) is 6.36. The summed E-state index contributed by atoms with van der Waals surface area (Å²) in [6.45, 7) is 3.90. The Kier molecular flexibility index (Phi) is 1.23. The van der Waals surface area contributed by atoms with E-state index >= 15 is 0 Å². The van der Waals surface area contributed by atoms with Gasteiger partial charge >= 0.3 is 0 Å². The van der Waals surface area contributed by atoms with Crippen molar-refractivity contribution >= 4 is 10.9 Å². The molecule has 0 radical (unpaired) electrons. The van der Waals surface area contributed by atoms with Crippen LogP contribution in [0.3, 0.4) is 0 Å². The lowest BCUT2D eigenvalue weighted by atomic mass is 10.1. The van der Waals surface area contributed by atoms with E-state index in [1.807, 2.05) is 0 Å². The molecule has 0 saturated heterocycles. The number of aryl methyl sites for hydroxylation is 1. The number of nitrogens with zero attached hydrogens (tertiary/aromatic N) is 1. The molecule has 0 saturated carbocycles. The van der Waals surface area contributed by atoms with E-state index in [4.69, 9.17) is 4.74 Å². The number of rotatable bonds is 0. The van der Waals surface area contributed by atoms with E-state index in [0.717, 1.165) is 18.9 Å². The van der Waals surface area contributed by atoms with E-state index in [0.29, 0.717) is 0 Å². The van der Waals surface area contributed by atoms with E-state index in [1.54, 1.807) is 0 Å². The van der Waals surface area contributed by atoms with Crippen LogP contribution in [0.5, 0.6) is 5.75 Å². The van der Waals surface area contributed by atoms with Gasteiger partial charge in [-0.2, -0.15) is 0 Å². The van der Waals surface area contributed by atoms with Crippen molar-refractivity contribution in [2.75, 3.05) is 6.61 Å². The van der Waals surface area contributed by atoms with Gasteiger partial charge in [-0.3, -0.25) is 0 Å². The maximum absolute atomic E-state index is 5.59. The molecule has 2 aromatic rings. The second-order valence-electron chi connectivity index (χ2n) is 3.50. The van der Waals surface area contributed by atoms with Crippen LogP contribution in [-0.4, -0.2) is 11.2 Å². The van der Waals surface area contributed by atoms with Crippen molar-refractivity contribution in [3.63, 3.8) is 0 Å². The largest absolute Gasteiger partial charge is 0.490 e. The zero-order chi connectivity index (χ0) is 8.84. The molecule has 3 rings (SSSR count). The van der Waals surface area contributed by atoms with Crippen LogP contribution >= 0.6 is 0 Å². The smallest absolute Gasteiger partial charge is 0.143 e. The molecule has 66 valence electrons. The van der Waals surface area contributed by atoms with Gasteiger partial charge in [0, 0.05) is 11.6 Å². The lowest BCUT2D eigenvalue weighted by molar-refractivity contribution is 0.287. The summed E-state index contributed by atoms with van der Waals surface area (Å²) in [7, 11) is 0. The molecule has 0 fully saturated rings. The van der Waals surface area contributed by atoms with E-state index in [9.17, 15) is 0 Å². The quantitative estimate of drug-likeness (QED) is 0.596. The van der Waals surface area contributed by atoms with Crippen molar-refractivity contribution in [3.8, 4) is 5.75 Å². The van der Waals surface area contributed by atoms with Gasteiger partial charge in [0.2, 0.25) is 0 Å². The summed E-state index contributed by atoms with van der Waals surface area (Å²) < 4.78 is 7.85. The fraction of sp³-hybridized carbons (Fsp3) is 0.273. The van der Waals surface area contributed by atoms with Gasteiger partial charge in [-0.05, 0) is 24.6 Å². The van der Waals surface area contributed by atoms with Crippen molar-refractivity contribution in [2.24, 2.45) is 0 Å². The molecule has 0 unspecified atom stereocenters. The van der Waals surface area contributed by atoms with Gasteiger partial charge in [-0.25, -0.2) is 0 Å². The molecule has 0 amide bonds. The van der Waals surface area contributed by atoms with Gasteiger partial charge in [0.1, 0.15) is 12.4 Å². The molecule has 2 heteroatoms. The normalized spacial score (nSPS) is 14.5. The lowest BCUT2D eigenvalue weighted by Crippen LogP contribution is -2.13. The summed E-state index contributed by atoms with van der Waals surface area (Å²) in [5.41, 5.74) is 2.58. The monoisotopic (exact) mass is 173 g/mol. The molecule has 0 bridgehead atoms. The topological polar surface area (TPSA) is 14.2 Å². The third kappa shape index (κ3) is 0.829. The van der Waals surface area contributed by atoms with Gasteiger partial charge in [0.25, 0.3) is 0 Å². The number of hydrogen-bond acceptors (Lipinski definition) is 1. The molecular weight excluding hydrogens is 162 g/mol. The number of ether oxygens (including phenoxy) is 1. The van der Waals surface area contributed by atoms with Crippen LogP contribution in [-0.2, 0) is 6.54 Å². The molecule has 0 spiro atoms. The minimum atomic E-state index is 0.792. The van der Waals surface area contributed by atoms with Crippen molar-refractivity contribution in [1.29, 1.82) is 0 Å². The fourth-order valence-corrected chi connectivity index (χ4v) is 1.99. The van der Waals surface area contributed by atoms with Crippen LogP contribution in [0.1, 0.15) is 5.56 Å². The minimum absolute atomic E-state index is 0.792. The number of benzene rings is 1. The Morgan fingerprint density at radius 2 is 2.23 bits per heavy atom. The summed E-state index contributed by atoms with van der Waals surface area (Å²) >= 11 is 0. The number of hydrogen-bond donors (Lipinski definition) is 0. The highest BCUT2D eigenvalue weighted by molar-refractivity contribution is 5.89. The summed E-state index contributed by atoms with van der Waals surface area (Å²) in [6, 6.07) is 6.35. The molecule has 0 aliphatic carbocycles. The van der Waals surface area contributed by atoms with Crippen molar-refractivity contribution < 1.29 is 4.74 Å². The standard InChI is InChI=1S/C11H11NO/c1-8-2-3-10-11-9(8)4-5-12(11)6-7-13-10/h2-5H,6-7H2,1H3. The van der Waals surface area contributed by atoms with Gasteiger partial charge in [-0.15, -0.1) is 0 Å². The second kappa shape index (κ2) is 2.28. The van der Waals surface area contributed by atoms with Crippen LogP contribution < -0.4 is 4.74 Å². The molecule has 2 heterocycles. The molecule has 2 nitrogen and oxygen atoms in total. The molecule has 0 N–H and O–H groups in total. The first-order valence-corrected chi connectivity index (χ1v) is 4.57. The van der Waals surface area contributed by atoms with E-state index < -0.39 is 0 Å². The second-order valence-corrected chi connectivity index (χ2v) is 3.50. The van der Waals surface area contributed by atoms with Gasteiger partial charge in [0.05, 0.1) is 12.1 Å². The highest BCUT2D eigenvalue weighted by atomic mass is 16.5. The summed E-state index contributed by atoms with van der Waals surface area (Å²) in [4.78, 5) is 0. The SMILES string of the molecule is Cc1ccc2c3c1ccn3CCO2. The molecule has 1 aromatic carbocycles.